The molecule has 3 heteroatoms. The summed E-state index contributed by atoms with van der Waals surface area (Å²) in [6.45, 7) is 2.28. The van der Waals surface area contributed by atoms with Crippen LogP contribution in [0.2, 0.25) is 0 Å². The van der Waals surface area contributed by atoms with E-state index in [1.54, 1.807) is 0 Å². The molecule has 1 unspecified atom stereocenters. The van der Waals surface area contributed by atoms with E-state index in [4.69, 9.17) is 5.11 Å². The van der Waals surface area contributed by atoms with E-state index in [9.17, 15) is 0 Å². The van der Waals surface area contributed by atoms with E-state index in [2.05, 4.69) is 5.32 Å². The summed E-state index contributed by atoms with van der Waals surface area (Å²) in [6.07, 6.45) is 2.52. The Bertz CT molecular complexity index is 104. The van der Waals surface area contributed by atoms with Crippen LogP contribution in [0, 0.1) is 0 Å². The average molecular weight is 175 g/mol. The minimum Gasteiger partial charge on any atom is -0.395 e. The molecule has 1 aliphatic heterocycles. The Morgan fingerprint density at radius 3 is 2.73 bits per heavy atom. The molecule has 0 aliphatic carbocycles. The highest BCUT2D eigenvalue weighted by Crippen LogP contribution is 2.17. The number of hydrogen-bond donors (Lipinski definition) is 2. The molecule has 0 aromatic heterocycles. The normalized spacial score (nSPS) is 23.5. The Morgan fingerprint density at radius 2 is 2.18 bits per heavy atom. The van der Waals surface area contributed by atoms with E-state index in [1.165, 1.54) is 24.3 Å². The van der Waals surface area contributed by atoms with E-state index >= 15 is 0 Å². The molecule has 2 N–H and O–H groups in total. The Kier molecular flexibility index (Phi) is 4.26. The first-order chi connectivity index (χ1) is 5.33. The third kappa shape index (κ3) is 3.45. The molecule has 1 rings (SSSR count). The van der Waals surface area contributed by atoms with Crippen molar-refractivity contribution in [2.24, 2.45) is 0 Å². The standard InChI is InChI=1S/C8H17NOS/c1-7(6-10)9-8-2-4-11-5-3-8/h7-10H,2-6H2,1H3. The number of hydrogen-bond acceptors (Lipinski definition) is 3. The van der Waals surface area contributed by atoms with Crippen molar-refractivity contribution >= 4 is 11.8 Å². The molecule has 1 heterocycles. The third-order valence-corrected chi connectivity index (χ3v) is 3.06. The first-order valence-corrected chi connectivity index (χ1v) is 5.43. The molecule has 66 valence electrons. The van der Waals surface area contributed by atoms with E-state index in [0.29, 0.717) is 6.04 Å². The van der Waals surface area contributed by atoms with Gasteiger partial charge in [0.25, 0.3) is 0 Å². The molecule has 0 amide bonds. The van der Waals surface area contributed by atoms with Crippen LogP contribution in [0.15, 0.2) is 0 Å². The van der Waals surface area contributed by atoms with Gasteiger partial charge in [-0.15, -0.1) is 0 Å². The van der Waals surface area contributed by atoms with Gasteiger partial charge < -0.3 is 10.4 Å². The highest BCUT2D eigenvalue weighted by atomic mass is 32.2. The lowest BCUT2D eigenvalue weighted by Gasteiger charge is -2.25. The van der Waals surface area contributed by atoms with Gasteiger partial charge in [-0.3, -0.25) is 0 Å². The molecule has 1 aliphatic rings. The molecule has 1 saturated heterocycles. The first kappa shape index (κ1) is 9.36. The van der Waals surface area contributed by atoms with Crippen molar-refractivity contribution in [3.05, 3.63) is 0 Å². The van der Waals surface area contributed by atoms with Crippen molar-refractivity contribution in [1.82, 2.24) is 5.32 Å². The highest BCUT2D eigenvalue weighted by Gasteiger charge is 2.14. The summed E-state index contributed by atoms with van der Waals surface area (Å²) in [5.41, 5.74) is 0. The predicted molar refractivity (Wildman–Crippen MR) is 50.0 cm³/mol. The van der Waals surface area contributed by atoms with Crippen LogP contribution < -0.4 is 5.32 Å². The third-order valence-electron chi connectivity index (χ3n) is 2.02. The molecular weight excluding hydrogens is 158 g/mol. The van der Waals surface area contributed by atoms with Crippen LogP contribution in [0.4, 0.5) is 0 Å². The smallest absolute Gasteiger partial charge is 0.0582 e. The molecule has 0 saturated carbocycles. The van der Waals surface area contributed by atoms with Gasteiger partial charge >= 0.3 is 0 Å². The maximum atomic E-state index is 8.80. The number of aliphatic hydroxyl groups is 1. The van der Waals surface area contributed by atoms with Crippen molar-refractivity contribution in [2.45, 2.75) is 31.8 Å². The fraction of sp³-hybridized carbons (Fsp3) is 1.00. The summed E-state index contributed by atoms with van der Waals surface area (Å²) in [5.74, 6) is 2.55. The van der Waals surface area contributed by atoms with Crippen molar-refractivity contribution in [3.8, 4) is 0 Å². The fourth-order valence-electron chi connectivity index (χ4n) is 1.32. The van der Waals surface area contributed by atoms with Gasteiger partial charge in [0.05, 0.1) is 6.61 Å². The zero-order chi connectivity index (χ0) is 8.10. The predicted octanol–water partition coefficient (Wildman–Crippen LogP) is 0.852. The topological polar surface area (TPSA) is 32.3 Å². The van der Waals surface area contributed by atoms with Gasteiger partial charge in [-0.1, -0.05) is 0 Å². The molecule has 0 aromatic carbocycles. The summed E-state index contributed by atoms with van der Waals surface area (Å²) in [7, 11) is 0. The summed E-state index contributed by atoms with van der Waals surface area (Å²) in [5, 5.41) is 12.2. The Labute approximate surface area is 72.8 Å². The number of thioether (sulfide) groups is 1. The number of rotatable bonds is 3. The molecule has 0 spiro atoms. The monoisotopic (exact) mass is 175 g/mol. The summed E-state index contributed by atoms with van der Waals surface area (Å²) < 4.78 is 0. The Morgan fingerprint density at radius 1 is 1.55 bits per heavy atom. The SMILES string of the molecule is CC(CO)NC1CCSCC1. The van der Waals surface area contributed by atoms with Gasteiger partial charge in [-0.2, -0.15) is 11.8 Å². The van der Waals surface area contributed by atoms with Gasteiger partial charge in [0.1, 0.15) is 0 Å². The summed E-state index contributed by atoms with van der Waals surface area (Å²) >= 11 is 2.03. The van der Waals surface area contributed by atoms with Gasteiger partial charge in [-0.25, -0.2) is 0 Å². The largest absolute Gasteiger partial charge is 0.395 e. The quantitative estimate of drug-likeness (QED) is 0.667. The Hall–Kier alpha value is 0.270. The maximum absolute atomic E-state index is 8.80. The number of nitrogens with one attached hydrogen (secondary N) is 1. The van der Waals surface area contributed by atoms with Crippen molar-refractivity contribution < 1.29 is 5.11 Å². The maximum Gasteiger partial charge on any atom is 0.0582 e. The van der Waals surface area contributed by atoms with Crippen LogP contribution >= 0.6 is 11.8 Å². The molecule has 0 aromatic rings. The van der Waals surface area contributed by atoms with Crippen LogP contribution in [0.5, 0.6) is 0 Å². The van der Waals surface area contributed by atoms with Gasteiger partial charge in [-0.05, 0) is 31.3 Å². The molecule has 0 radical (unpaired) electrons. The Balaban J connectivity index is 2.13. The van der Waals surface area contributed by atoms with E-state index in [-0.39, 0.29) is 12.6 Å². The first-order valence-electron chi connectivity index (χ1n) is 4.27. The zero-order valence-electron chi connectivity index (χ0n) is 7.05. The molecule has 1 fully saturated rings. The van der Waals surface area contributed by atoms with Crippen LogP contribution in [-0.4, -0.2) is 35.3 Å². The molecule has 11 heavy (non-hydrogen) atoms. The second-order valence-electron chi connectivity index (χ2n) is 3.14. The van der Waals surface area contributed by atoms with Crippen LogP contribution in [0.25, 0.3) is 0 Å². The summed E-state index contributed by atoms with van der Waals surface area (Å²) in [4.78, 5) is 0. The van der Waals surface area contributed by atoms with Crippen molar-refractivity contribution in [3.63, 3.8) is 0 Å². The second kappa shape index (κ2) is 5.01. The van der Waals surface area contributed by atoms with Crippen LogP contribution in [0.3, 0.4) is 0 Å². The highest BCUT2D eigenvalue weighted by molar-refractivity contribution is 7.99. The fourth-order valence-corrected chi connectivity index (χ4v) is 2.43. The lowest BCUT2D eigenvalue weighted by molar-refractivity contribution is 0.238. The van der Waals surface area contributed by atoms with Crippen LogP contribution in [0.1, 0.15) is 19.8 Å². The summed E-state index contributed by atoms with van der Waals surface area (Å²) in [6, 6.07) is 0.918. The van der Waals surface area contributed by atoms with Crippen molar-refractivity contribution in [1.29, 1.82) is 0 Å². The minimum atomic E-state index is 0.254. The average Bonchev–Trinajstić information content (AvgIpc) is 2.06. The van der Waals surface area contributed by atoms with E-state index in [1.807, 2.05) is 18.7 Å². The van der Waals surface area contributed by atoms with Crippen LogP contribution in [-0.2, 0) is 0 Å². The van der Waals surface area contributed by atoms with Gasteiger partial charge in [0.2, 0.25) is 0 Å². The zero-order valence-corrected chi connectivity index (χ0v) is 7.86. The van der Waals surface area contributed by atoms with Gasteiger partial charge in [0, 0.05) is 12.1 Å². The lowest BCUT2D eigenvalue weighted by Crippen LogP contribution is -2.40. The minimum absolute atomic E-state index is 0.254. The van der Waals surface area contributed by atoms with Gasteiger partial charge in [0.15, 0.2) is 0 Å². The molecular formula is C8H17NOS. The second-order valence-corrected chi connectivity index (χ2v) is 4.36. The molecule has 0 bridgehead atoms. The number of aliphatic hydroxyl groups excluding tert-OH is 1. The molecule has 1 atom stereocenters. The van der Waals surface area contributed by atoms with E-state index < -0.39 is 0 Å². The lowest BCUT2D eigenvalue weighted by atomic mass is 10.1. The van der Waals surface area contributed by atoms with Crippen molar-refractivity contribution in [2.75, 3.05) is 18.1 Å². The molecule has 2 nitrogen and oxygen atoms in total. The van der Waals surface area contributed by atoms with E-state index in [0.717, 1.165) is 0 Å².